The van der Waals surface area contributed by atoms with E-state index in [1.165, 1.54) is 5.56 Å². The summed E-state index contributed by atoms with van der Waals surface area (Å²) in [7, 11) is -0.381. The molecule has 1 aromatic rings. The summed E-state index contributed by atoms with van der Waals surface area (Å²) in [6, 6.07) is 8.12. The Kier molecular flexibility index (Phi) is 1.32. The summed E-state index contributed by atoms with van der Waals surface area (Å²) in [5.74, 6) is 1.05. The third-order valence-electron chi connectivity index (χ3n) is 1.55. The van der Waals surface area contributed by atoms with Crippen LogP contribution in [-0.4, -0.2) is 9.76 Å². The molecule has 0 unspecified atom stereocenters. The molecule has 0 aromatic heterocycles. The third kappa shape index (κ3) is 0.865. The number of fused-ring (bicyclic) bond motifs is 1. The number of hydrogen-bond acceptors (Lipinski definition) is 1. The SMILES string of the molecule is C1=Cc2ccccc2O[SiH2]1. The fourth-order valence-corrected chi connectivity index (χ4v) is 1.95. The molecule has 0 bridgehead atoms. The lowest BCUT2D eigenvalue weighted by Crippen LogP contribution is -2.03. The van der Waals surface area contributed by atoms with E-state index in [1.54, 1.807) is 0 Å². The highest BCUT2D eigenvalue weighted by Gasteiger charge is 2.01. The van der Waals surface area contributed by atoms with Gasteiger partial charge >= 0.3 is 0 Å². The van der Waals surface area contributed by atoms with E-state index < -0.39 is 0 Å². The van der Waals surface area contributed by atoms with Crippen molar-refractivity contribution in [2.45, 2.75) is 0 Å². The molecular weight excluding hydrogens is 140 g/mol. The van der Waals surface area contributed by atoms with Gasteiger partial charge in [0, 0.05) is 5.56 Å². The predicted octanol–water partition coefficient (Wildman–Crippen LogP) is 1.13. The van der Waals surface area contributed by atoms with Crippen LogP contribution in [0, 0.1) is 0 Å². The molecular formula is C8H8OSi. The highest BCUT2D eigenvalue weighted by Crippen LogP contribution is 2.21. The van der Waals surface area contributed by atoms with E-state index in [-0.39, 0.29) is 9.76 Å². The zero-order valence-electron chi connectivity index (χ0n) is 5.58. The summed E-state index contributed by atoms with van der Waals surface area (Å²) in [4.78, 5) is 0. The fraction of sp³-hybridized carbons (Fsp3) is 0. The minimum atomic E-state index is -0.381. The van der Waals surface area contributed by atoms with Crippen molar-refractivity contribution < 1.29 is 4.43 Å². The normalized spacial score (nSPS) is 16.4. The van der Waals surface area contributed by atoms with E-state index in [2.05, 4.69) is 17.8 Å². The van der Waals surface area contributed by atoms with Gasteiger partial charge in [0.25, 0.3) is 0 Å². The minimum Gasteiger partial charge on any atom is -0.545 e. The summed E-state index contributed by atoms with van der Waals surface area (Å²) >= 11 is 0. The van der Waals surface area contributed by atoms with Gasteiger partial charge in [-0.05, 0) is 6.07 Å². The Bertz CT molecular complexity index is 268. The molecule has 0 aliphatic carbocycles. The first-order valence-electron chi connectivity index (χ1n) is 3.35. The molecule has 50 valence electrons. The Hall–Kier alpha value is -1.02. The molecule has 0 saturated heterocycles. The van der Waals surface area contributed by atoms with E-state index in [4.69, 9.17) is 4.43 Å². The predicted molar refractivity (Wildman–Crippen MR) is 44.6 cm³/mol. The third-order valence-corrected chi connectivity index (χ3v) is 2.46. The monoisotopic (exact) mass is 148 g/mol. The molecule has 2 rings (SSSR count). The van der Waals surface area contributed by atoms with Crippen molar-refractivity contribution in [1.82, 2.24) is 0 Å². The first-order chi connectivity index (χ1) is 4.97. The Morgan fingerprint density at radius 2 is 2.10 bits per heavy atom. The van der Waals surface area contributed by atoms with Crippen LogP contribution < -0.4 is 4.43 Å². The lowest BCUT2D eigenvalue weighted by Gasteiger charge is -2.10. The van der Waals surface area contributed by atoms with Crippen LogP contribution in [0.15, 0.2) is 30.0 Å². The van der Waals surface area contributed by atoms with Crippen LogP contribution in [-0.2, 0) is 0 Å². The standard InChI is InChI=1S/C8H8OSi/c1-2-4-8-7(3-1)5-6-10-9-8/h1-6H,10H2. The fourth-order valence-electron chi connectivity index (χ4n) is 1.06. The van der Waals surface area contributed by atoms with E-state index >= 15 is 0 Å². The van der Waals surface area contributed by atoms with Crippen LogP contribution in [0.5, 0.6) is 5.75 Å². The average Bonchev–Trinajstić information content (AvgIpc) is 2.05. The van der Waals surface area contributed by atoms with Crippen molar-refractivity contribution in [2.24, 2.45) is 0 Å². The first kappa shape index (κ1) is 5.74. The number of hydrogen-bond donors (Lipinski definition) is 0. The number of rotatable bonds is 0. The van der Waals surface area contributed by atoms with E-state index in [0.717, 1.165) is 5.75 Å². The molecule has 10 heavy (non-hydrogen) atoms. The van der Waals surface area contributed by atoms with Crippen LogP contribution in [0.4, 0.5) is 0 Å². The maximum atomic E-state index is 5.48. The number of benzene rings is 1. The van der Waals surface area contributed by atoms with Gasteiger partial charge in [-0.3, -0.25) is 0 Å². The molecule has 0 fully saturated rings. The molecule has 0 amide bonds. The van der Waals surface area contributed by atoms with E-state index in [1.807, 2.05) is 18.2 Å². The zero-order chi connectivity index (χ0) is 6.81. The Morgan fingerprint density at radius 3 is 3.00 bits per heavy atom. The molecule has 1 aliphatic heterocycles. The Balaban J connectivity index is 2.54. The maximum absolute atomic E-state index is 5.48. The molecule has 1 aliphatic rings. The second-order valence-electron chi connectivity index (χ2n) is 2.25. The molecule has 0 atom stereocenters. The van der Waals surface area contributed by atoms with Crippen molar-refractivity contribution in [1.29, 1.82) is 0 Å². The minimum absolute atomic E-state index is 0.381. The highest BCUT2D eigenvalue weighted by atomic mass is 28.2. The summed E-state index contributed by atoms with van der Waals surface area (Å²) in [5, 5.41) is 0. The zero-order valence-corrected chi connectivity index (χ0v) is 6.99. The lowest BCUT2D eigenvalue weighted by atomic mass is 10.2. The van der Waals surface area contributed by atoms with Gasteiger partial charge in [0.2, 0.25) is 9.76 Å². The highest BCUT2D eigenvalue weighted by molar-refractivity contribution is 6.37. The molecule has 0 radical (unpaired) electrons. The Morgan fingerprint density at radius 1 is 1.20 bits per heavy atom. The van der Waals surface area contributed by atoms with Crippen molar-refractivity contribution in [3.63, 3.8) is 0 Å². The van der Waals surface area contributed by atoms with Gasteiger partial charge in [-0.15, -0.1) is 0 Å². The average molecular weight is 148 g/mol. The van der Waals surface area contributed by atoms with Crippen molar-refractivity contribution in [3.8, 4) is 5.75 Å². The molecule has 0 N–H and O–H groups in total. The molecule has 1 nitrogen and oxygen atoms in total. The van der Waals surface area contributed by atoms with E-state index in [0.29, 0.717) is 0 Å². The van der Waals surface area contributed by atoms with Crippen LogP contribution in [0.2, 0.25) is 0 Å². The van der Waals surface area contributed by atoms with E-state index in [9.17, 15) is 0 Å². The first-order valence-corrected chi connectivity index (χ1v) is 4.74. The summed E-state index contributed by atoms with van der Waals surface area (Å²) < 4.78 is 5.48. The van der Waals surface area contributed by atoms with Crippen LogP contribution in [0.25, 0.3) is 6.08 Å². The quantitative estimate of drug-likeness (QED) is 0.501. The van der Waals surface area contributed by atoms with Gasteiger partial charge in [0.15, 0.2) is 0 Å². The van der Waals surface area contributed by atoms with Gasteiger partial charge < -0.3 is 4.43 Å². The number of para-hydroxylation sites is 1. The lowest BCUT2D eigenvalue weighted by molar-refractivity contribution is 0.599. The smallest absolute Gasteiger partial charge is 0.244 e. The second-order valence-corrected chi connectivity index (χ2v) is 3.34. The van der Waals surface area contributed by atoms with Gasteiger partial charge in [-0.1, -0.05) is 30.0 Å². The summed E-state index contributed by atoms with van der Waals surface area (Å²) in [5.41, 5.74) is 3.36. The van der Waals surface area contributed by atoms with Crippen molar-refractivity contribution in [2.75, 3.05) is 0 Å². The maximum Gasteiger partial charge on any atom is 0.244 e. The summed E-state index contributed by atoms with van der Waals surface area (Å²) in [6.45, 7) is 0. The Labute approximate surface area is 62.3 Å². The van der Waals surface area contributed by atoms with Gasteiger partial charge in [0.05, 0.1) is 0 Å². The van der Waals surface area contributed by atoms with Gasteiger partial charge in [-0.25, -0.2) is 0 Å². The molecule has 1 heterocycles. The van der Waals surface area contributed by atoms with Crippen molar-refractivity contribution >= 4 is 15.8 Å². The molecule has 1 aromatic carbocycles. The molecule has 0 saturated carbocycles. The van der Waals surface area contributed by atoms with Gasteiger partial charge in [-0.2, -0.15) is 0 Å². The van der Waals surface area contributed by atoms with Crippen LogP contribution >= 0.6 is 0 Å². The summed E-state index contributed by atoms with van der Waals surface area (Å²) in [6.07, 6.45) is 2.14. The van der Waals surface area contributed by atoms with Crippen LogP contribution in [0.1, 0.15) is 5.56 Å². The largest absolute Gasteiger partial charge is 0.545 e. The second kappa shape index (κ2) is 2.31. The molecule has 2 heteroatoms. The van der Waals surface area contributed by atoms with Crippen molar-refractivity contribution in [3.05, 3.63) is 35.5 Å². The van der Waals surface area contributed by atoms with Gasteiger partial charge in [0.1, 0.15) is 5.75 Å². The van der Waals surface area contributed by atoms with Crippen LogP contribution in [0.3, 0.4) is 0 Å². The topological polar surface area (TPSA) is 9.23 Å². The molecule has 0 spiro atoms.